The molecule has 0 bridgehead atoms. The molecule has 1 heterocycles. The second-order valence-electron chi connectivity index (χ2n) is 5.13. The maximum Gasteiger partial charge on any atom is 0.227 e. The summed E-state index contributed by atoms with van der Waals surface area (Å²) in [6.45, 7) is 3.14. The molecule has 4 nitrogen and oxygen atoms in total. The van der Waals surface area contributed by atoms with E-state index in [9.17, 15) is 9.59 Å². The van der Waals surface area contributed by atoms with Crippen LogP contribution in [0.25, 0.3) is 0 Å². The van der Waals surface area contributed by atoms with Gasteiger partial charge in [-0.2, -0.15) is 0 Å². The van der Waals surface area contributed by atoms with Gasteiger partial charge in [0.25, 0.3) is 0 Å². The van der Waals surface area contributed by atoms with Crippen LogP contribution >= 0.6 is 23.2 Å². The van der Waals surface area contributed by atoms with Crippen LogP contribution in [0, 0.1) is 5.92 Å². The molecule has 0 saturated carbocycles. The van der Waals surface area contributed by atoms with Gasteiger partial charge in [0.2, 0.25) is 11.8 Å². The number of likely N-dealkylation sites (tertiary alicyclic amines) is 1. The number of anilines is 1. The minimum absolute atomic E-state index is 0.0306. The summed E-state index contributed by atoms with van der Waals surface area (Å²) in [4.78, 5) is 25.6. The summed E-state index contributed by atoms with van der Waals surface area (Å²) < 4.78 is 0. The van der Waals surface area contributed by atoms with Crippen molar-refractivity contribution < 1.29 is 9.59 Å². The van der Waals surface area contributed by atoms with E-state index in [2.05, 4.69) is 5.32 Å². The van der Waals surface area contributed by atoms with Gasteiger partial charge in [0, 0.05) is 31.1 Å². The zero-order valence-electron chi connectivity index (χ0n) is 11.9. The van der Waals surface area contributed by atoms with Crippen molar-refractivity contribution in [2.45, 2.75) is 26.2 Å². The standard InChI is InChI=1S/C15H18Cl2N2O2/c1-2-14(20)19-7-5-10(6-8-19)15(21)18-11-3-4-12(16)13(17)9-11/h3-4,9-10H,2,5-8H2,1H3,(H,18,21). The van der Waals surface area contributed by atoms with Crippen LogP contribution in [-0.4, -0.2) is 29.8 Å². The monoisotopic (exact) mass is 328 g/mol. The Kier molecular flexibility index (Phi) is 5.48. The van der Waals surface area contributed by atoms with Gasteiger partial charge in [-0.05, 0) is 31.0 Å². The van der Waals surface area contributed by atoms with Crippen LogP contribution in [0.4, 0.5) is 5.69 Å². The van der Waals surface area contributed by atoms with Gasteiger partial charge in [-0.1, -0.05) is 30.1 Å². The van der Waals surface area contributed by atoms with E-state index in [1.165, 1.54) is 0 Å². The molecule has 114 valence electrons. The second kappa shape index (κ2) is 7.14. The van der Waals surface area contributed by atoms with Crippen molar-refractivity contribution in [2.24, 2.45) is 5.92 Å². The Labute approximate surface area is 134 Å². The van der Waals surface area contributed by atoms with Crippen molar-refractivity contribution in [1.82, 2.24) is 4.90 Å². The van der Waals surface area contributed by atoms with Gasteiger partial charge in [-0.15, -0.1) is 0 Å². The third-order valence-electron chi connectivity index (χ3n) is 3.71. The van der Waals surface area contributed by atoms with Gasteiger partial charge < -0.3 is 10.2 Å². The number of hydrogen-bond donors (Lipinski definition) is 1. The van der Waals surface area contributed by atoms with Crippen molar-refractivity contribution in [1.29, 1.82) is 0 Å². The van der Waals surface area contributed by atoms with E-state index in [4.69, 9.17) is 23.2 Å². The predicted molar refractivity (Wildman–Crippen MR) is 84.7 cm³/mol. The smallest absolute Gasteiger partial charge is 0.227 e. The van der Waals surface area contributed by atoms with Gasteiger partial charge in [0.1, 0.15) is 0 Å². The molecule has 0 radical (unpaired) electrons. The van der Waals surface area contributed by atoms with E-state index in [0.29, 0.717) is 48.1 Å². The maximum atomic E-state index is 12.2. The predicted octanol–water partition coefficient (Wildman–Crippen LogP) is 3.58. The maximum absolute atomic E-state index is 12.2. The number of carbonyl (C=O) groups excluding carboxylic acids is 2. The number of halogens is 2. The lowest BCUT2D eigenvalue weighted by Gasteiger charge is -2.31. The molecule has 0 aromatic heterocycles. The lowest BCUT2D eigenvalue weighted by atomic mass is 9.95. The highest BCUT2D eigenvalue weighted by molar-refractivity contribution is 6.42. The third-order valence-corrected chi connectivity index (χ3v) is 4.45. The molecule has 0 unspecified atom stereocenters. The summed E-state index contributed by atoms with van der Waals surface area (Å²) >= 11 is 11.8. The number of carbonyl (C=O) groups is 2. The summed E-state index contributed by atoms with van der Waals surface area (Å²) in [7, 11) is 0. The van der Waals surface area contributed by atoms with Crippen molar-refractivity contribution in [2.75, 3.05) is 18.4 Å². The minimum Gasteiger partial charge on any atom is -0.343 e. The van der Waals surface area contributed by atoms with Crippen LogP contribution in [0.1, 0.15) is 26.2 Å². The zero-order chi connectivity index (χ0) is 15.4. The van der Waals surface area contributed by atoms with Crippen LogP contribution in [0.2, 0.25) is 10.0 Å². The summed E-state index contributed by atoms with van der Waals surface area (Å²) in [6, 6.07) is 5.02. The molecular formula is C15H18Cl2N2O2. The number of rotatable bonds is 3. The van der Waals surface area contributed by atoms with Crippen molar-refractivity contribution in [3.8, 4) is 0 Å². The molecule has 0 atom stereocenters. The van der Waals surface area contributed by atoms with Gasteiger partial charge in [0.15, 0.2) is 0 Å². The first-order chi connectivity index (χ1) is 10.0. The molecular weight excluding hydrogens is 311 g/mol. The van der Waals surface area contributed by atoms with Crippen LogP contribution < -0.4 is 5.32 Å². The van der Waals surface area contributed by atoms with Gasteiger partial charge in [-0.3, -0.25) is 9.59 Å². The van der Waals surface area contributed by atoms with Crippen LogP contribution in [0.15, 0.2) is 18.2 Å². The Hall–Kier alpha value is -1.26. The van der Waals surface area contributed by atoms with E-state index in [1.807, 2.05) is 11.8 Å². The summed E-state index contributed by atoms with van der Waals surface area (Å²) in [5, 5.41) is 3.73. The molecule has 1 aliphatic heterocycles. The molecule has 2 rings (SSSR count). The average molecular weight is 329 g/mol. The number of hydrogen-bond acceptors (Lipinski definition) is 2. The van der Waals surface area contributed by atoms with Crippen molar-refractivity contribution >= 4 is 40.7 Å². The zero-order valence-corrected chi connectivity index (χ0v) is 13.4. The molecule has 0 aliphatic carbocycles. The van der Waals surface area contributed by atoms with Crippen LogP contribution in [0.5, 0.6) is 0 Å². The molecule has 6 heteroatoms. The molecule has 1 aromatic rings. The summed E-state index contributed by atoms with van der Waals surface area (Å²) in [6.07, 6.45) is 1.90. The molecule has 1 fully saturated rings. The fourth-order valence-corrected chi connectivity index (χ4v) is 2.73. The molecule has 2 amide bonds. The molecule has 21 heavy (non-hydrogen) atoms. The highest BCUT2D eigenvalue weighted by atomic mass is 35.5. The average Bonchev–Trinajstić information content (AvgIpc) is 2.50. The minimum atomic E-state index is -0.0691. The first kappa shape index (κ1) is 16.1. The lowest BCUT2D eigenvalue weighted by molar-refractivity contribution is -0.134. The lowest BCUT2D eigenvalue weighted by Crippen LogP contribution is -2.41. The number of nitrogens with zero attached hydrogens (tertiary/aromatic N) is 1. The van der Waals surface area contributed by atoms with Crippen LogP contribution in [0.3, 0.4) is 0 Å². The van der Waals surface area contributed by atoms with E-state index in [1.54, 1.807) is 18.2 Å². The first-order valence-corrected chi connectivity index (χ1v) is 7.80. The number of nitrogens with one attached hydrogen (secondary N) is 1. The fourth-order valence-electron chi connectivity index (χ4n) is 2.43. The van der Waals surface area contributed by atoms with Gasteiger partial charge in [-0.25, -0.2) is 0 Å². The largest absolute Gasteiger partial charge is 0.343 e. The topological polar surface area (TPSA) is 49.4 Å². The Morgan fingerprint density at radius 1 is 1.24 bits per heavy atom. The van der Waals surface area contributed by atoms with Gasteiger partial charge in [0.05, 0.1) is 10.0 Å². The van der Waals surface area contributed by atoms with Crippen LogP contribution in [-0.2, 0) is 9.59 Å². The third kappa shape index (κ3) is 4.11. The van der Waals surface area contributed by atoms with Crippen molar-refractivity contribution in [3.05, 3.63) is 28.2 Å². The van der Waals surface area contributed by atoms with Gasteiger partial charge >= 0.3 is 0 Å². The Bertz CT molecular complexity index is 540. The second-order valence-corrected chi connectivity index (χ2v) is 5.94. The Balaban J connectivity index is 1.90. The first-order valence-electron chi connectivity index (χ1n) is 7.05. The van der Waals surface area contributed by atoms with Crippen molar-refractivity contribution in [3.63, 3.8) is 0 Å². The van der Waals surface area contributed by atoms with E-state index >= 15 is 0 Å². The molecule has 0 spiro atoms. The normalized spacial score (nSPS) is 15.9. The van der Waals surface area contributed by atoms with E-state index in [-0.39, 0.29) is 17.7 Å². The quantitative estimate of drug-likeness (QED) is 0.921. The summed E-state index contributed by atoms with van der Waals surface area (Å²) in [5.41, 5.74) is 0.640. The molecule has 1 aliphatic rings. The Morgan fingerprint density at radius 3 is 2.48 bits per heavy atom. The molecule has 1 aromatic carbocycles. The van der Waals surface area contributed by atoms with E-state index in [0.717, 1.165) is 0 Å². The van der Waals surface area contributed by atoms with E-state index < -0.39 is 0 Å². The molecule has 1 N–H and O–H groups in total. The number of amides is 2. The summed E-state index contributed by atoms with van der Waals surface area (Å²) in [5.74, 6) is 0.0516. The highest BCUT2D eigenvalue weighted by Gasteiger charge is 2.26. The fraction of sp³-hybridized carbons (Fsp3) is 0.467. The number of piperidine rings is 1. The SMILES string of the molecule is CCC(=O)N1CCC(C(=O)Nc2ccc(Cl)c(Cl)c2)CC1. The highest BCUT2D eigenvalue weighted by Crippen LogP contribution is 2.26. The molecule has 1 saturated heterocycles. The Morgan fingerprint density at radius 2 is 1.90 bits per heavy atom. The number of benzene rings is 1.